The molecule has 0 spiro atoms. The zero-order chi connectivity index (χ0) is 21.3. The Morgan fingerprint density at radius 2 is 1.67 bits per heavy atom. The van der Waals surface area contributed by atoms with Crippen molar-refractivity contribution < 1.29 is 4.79 Å². The number of anilines is 1. The molecule has 4 aromatic rings. The van der Waals surface area contributed by atoms with Gasteiger partial charge in [0.2, 0.25) is 5.82 Å². The van der Waals surface area contributed by atoms with Gasteiger partial charge in [0.1, 0.15) is 0 Å². The number of amides is 1. The maximum Gasteiger partial charge on any atom is 0.295 e. The molecule has 0 unspecified atom stereocenters. The Hall–Kier alpha value is -3.25. The van der Waals surface area contributed by atoms with E-state index in [1.165, 1.54) is 0 Å². The van der Waals surface area contributed by atoms with Crippen LogP contribution in [-0.2, 0) is 0 Å². The van der Waals surface area contributed by atoms with Crippen LogP contribution >= 0.6 is 15.9 Å². The van der Waals surface area contributed by atoms with Gasteiger partial charge in [-0.05, 0) is 68.3 Å². The number of aryl methyl sites for hydroxylation is 3. The molecule has 3 aromatic carbocycles. The van der Waals surface area contributed by atoms with Crippen LogP contribution in [0.4, 0.5) is 5.69 Å². The quantitative estimate of drug-likeness (QED) is 0.413. The molecule has 0 aliphatic heterocycles. The summed E-state index contributed by atoms with van der Waals surface area (Å²) in [5, 5.41) is 7.49. The summed E-state index contributed by atoms with van der Waals surface area (Å²) in [5.41, 5.74) is 5.66. The molecule has 4 rings (SSSR count). The first-order valence-electron chi connectivity index (χ1n) is 9.59. The van der Waals surface area contributed by atoms with Gasteiger partial charge in [-0.3, -0.25) is 4.79 Å². The topological polar surface area (TPSA) is 59.8 Å². The van der Waals surface area contributed by atoms with Gasteiger partial charge < -0.3 is 5.32 Å². The standard InChI is InChI=1S/C24H21BrN4O/c1-15-5-4-6-18(13-15)23-27-22(28-29(23)20-11-9-19(25)10-12-20)24(30)26-21-14-16(2)7-8-17(21)3/h4-14H,1-3H3,(H,26,30). The van der Waals surface area contributed by atoms with Crippen molar-refractivity contribution in [3.63, 3.8) is 0 Å². The minimum Gasteiger partial charge on any atom is -0.319 e. The lowest BCUT2D eigenvalue weighted by atomic mass is 10.1. The summed E-state index contributed by atoms with van der Waals surface area (Å²) < 4.78 is 2.68. The summed E-state index contributed by atoms with van der Waals surface area (Å²) in [6, 6.07) is 21.7. The fraction of sp³-hybridized carbons (Fsp3) is 0.125. The van der Waals surface area contributed by atoms with E-state index in [0.29, 0.717) is 5.82 Å². The molecular weight excluding hydrogens is 440 g/mol. The Bertz CT molecular complexity index is 1230. The molecule has 150 valence electrons. The molecule has 0 atom stereocenters. The van der Waals surface area contributed by atoms with Crippen LogP contribution in [0, 0.1) is 20.8 Å². The summed E-state index contributed by atoms with van der Waals surface area (Å²) >= 11 is 3.46. The maximum atomic E-state index is 13.0. The molecular formula is C24H21BrN4O. The Morgan fingerprint density at radius 1 is 0.933 bits per heavy atom. The van der Waals surface area contributed by atoms with E-state index in [1.54, 1.807) is 4.68 Å². The summed E-state index contributed by atoms with van der Waals surface area (Å²) in [6.45, 7) is 5.98. The molecule has 1 N–H and O–H groups in total. The number of aromatic nitrogens is 3. The lowest BCUT2D eigenvalue weighted by Gasteiger charge is -2.07. The van der Waals surface area contributed by atoms with E-state index in [0.717, 1.165) is 38.1 Å². The second kappa shape index (κ2) is 8.24. The summed E-state index contributed by atoms with van der Waals surface area (Å²) in [7, 11) is 0. The third kappa shape index (κ3) is 4.19. The number of carbonyl (C=O) groups is 1. The van der Waals surface area contributed by atoms with Crippen molar-refractivity contribution in [2.24, 2.45) is 0 Å². The number of nitrogens with one attached hydrogen (secondary N) is 1. The molecule has 1 amide bonds. The number of carbonyl (C=O) groups excluding carboxylic acids is 1. The lowest BCUT2D eigenvalue weighted by molar-refractivity contribution is 0.101. The van der Waals surface area contributed by atoms with Crippen LogP contribution in [0.3, 0.4) is 0 Å². The van der Waals surface area contributed by atoms with E-state index in [2.05, 4.69) is 31.3 Å². The summed E-state index contributed by atoms with van der Waals surface area (Å²) in [4.78, 5) is 17.6. The number of rotatable bonds is 4. The molecule has 0 saturated carbocycles. The van der Waals surface area contributed by atoms with E-state index >= 15 is 0 Å². The molecule has 0 radical (unpaired) electrons. The van der Waals surface area contributed by atoms with Crippen LogP contribution in [-0.4, -0.2) is 20.7 Å². The smallest absolute Gasteiger partial charge is 0.295 e. The summed E-state index contributed by atoms with van der Waals surface area (Å²) in [5.74, 6) is 0.399. The first-order chi connectivity index (χ1) is 14.4. The van der Waals surface area contributed by atoms with Crippen molar-refractivity contribution in [1.29, 1.82) is 0 Å². The lowest BCUT2D eigenvalue weighted by Crippen LogP contribution is -2.15. The van der Waals surface area contributed by atoms with Crippen molar-refractivity contribution in [1.82, 2.24) is 14.8 Å². The third-order valence-corrected chi connectivity index (χ3v) is 5.33. The highest BCUT2D eigenvalue weighted by Gasteiger charge is 2.19. The van der Waals surface area contributed by atoms with Crippen LogP contribution in [0.25, 0.3) is 17.1 Å². The fourth-order valence-corrected chi connectivity index (χ4v) is 3.45. The van der Waals surface area contributed by atoms with Gasteiger partial charge in [0.25, 0.3) is 5.91 Å². The monoisotopic (exact) mass is 460 g/mol. The van der Waals surface area contributed by atoms with Crippen molar-refractivity contribution in [2.75, 3.05) is 5.32 Å². The molecule has 0 fully saturated rings. The number of nitrogens with zero attached hydrogens (tertiary/aromatic N) is 3. The summed E-state index contributed by atoms with van der Waals surface area (Å²) in [6.07, 6.45) is 0. The first-order valence-corrected chi connectivity index (χ1v) is 10.4. The van der Waals surface area contributed by atoms with E-state index in [4.69, 9.17) is 0 Å². The second-order valence-corrected chi connectivity index (χ2v) is 8.20. The zero-order valence-electron chi connectivity index (χ0n) is 17.0. The third-order valence-electron chi connectivity index (χ3n) is 4.80. The van der Waals surface area contributed by atoms with Crippen LogP contribution in [0.15, 0.2) is 71.2 Å². The highest BCUT2D eigenvalue weighted by molar-refractivity contribution is 9.10. The van der Waals surface area contributed by atoms with E-state index in [-0.39, 0.29) is 11.7 Å². The van der Waals surface area contributed by atoms with E-state index in [9.17, 15) is 4.79 Å². The number of hydrogen-bond acceptors (Lipinski definition) is 3. The maximum absolute atomic E-state index is 13.0. The molecule has 6 heteroatoms. The van der Waals surface area contributed by atoms with Crippen LogP contribution in [0.2, 0.25) is 0 Å². The van der Waals surface area contributed by atoms with Gasteiger partial charge in [-0.1, -0.05) is 51.8 Å². The zero-order valence-corrected chi connectivity index (χ0v) is 18.6. The first kappa shape index (κ1) is 20.0. The number of halogens is 1. The van der Waals surface area contributed by atoms with Crippen molar-refractivity contribution >= 4 is 27.5 Å². The normalized spacial score (nSPS) is 10.8. The van der Waals surface area contributed by atoms with E-state index < -0.39 is 0 Å². The van der Waals surface area contributed by atoms with Gasteiger partial charge in [-0.15, -0.1) is 5.10 Å². The van der Waals surface area contributed by atoms with Gasteiger partial charge in [0.05, 0.1) is 5.69 Å². The van der Waals surface area contributed by atoms with Gasteiger partial charge in [0, 0.05) is 15.7 Å². The van der Waals surface area contributed by atoms with Gasteiger partial charge in [-0.25, -0.2) is 9.67 Å². The Kier molecular flexibility index (Phi) is 5.50. The number of benzene rings is 3. The average Bonchev–Trinajstić information content (AvgIpc) is 3.17. The van der Waals surface area contributed by atoms with Crippen molar-refractivity contribution in [3.05, 3.63) is 93.7 Å². The van der Waals surface area contributed by atoms with Crippen molar-refractivity contribution in [2.45, 2.75) is 20.8 Å². The largest absolute Gasteiger partial charge is 0.319 e. The van der Waals surface area contributed by atoms with Crippen molar-refractivity contribution in [3.8, 4) is 17.1 Å². The van der Waals surface area contributed by atoms with Gasteiger partial charge >= 0.3 is 0 Å². The molecule has 5 nitrogen and oxygen atoms in total. The van der Waals surface area contributed by atoms with Crippen LogP contribution in [0.1, 0.15) is 27.3 Å². The molecule has 0 saturated heterocycles. The average molecular weight is 461 g/mol. The Balaban J connectivity index is 1.77. The molecule has 0 bridgehead atoms. The Labute approximate surface area is 183 Å². The van der Waals surface area contributed by atoms with Crippen LogP contribution < -0.4 is 5.32 Å². The van der Waals surface area contributed by atoms with Crippen LogP contribution in [0.5, 0.6) is 0 Å². The SMILES string of the molecule is Cc1cccc(-c2nc(C(=O)Nc3cc(C)ccc3C)nn2-c2ccc(Br)cc2)c1. The molecule has 0 aliphatic rings. The molecule has 1 heterocycles. The highest BCUT2D eigenvalue weighted by atomic mass is 79.9. The molecule has 1 aromatic heterocycles. The highest BCUT2D eigenvalue weighted by Crippen LogP contribution is 2.24. The molecule has 0 aliphatic carbocycles. The van der Waals surface area contributed by atoms with Gasteiger partial charge in [0.15, 0.2) is 5.82 Å². The second-order valence-electron chi connectivity index (χ2n) is 7.29. The molecule has 30 heavy (non-hydrogen) atoms. The van der Waals surface area contributed by atoms with Gasteiger partial charge in [-0.2, -0.15) is 0 Å². The number of hydrogen-bond donors (Lipinski definition) is 1. The fourth-order valence-electron chi connectivity index (χ4n) is 3.19. The predicted molar refractivity (Wildman–Crippen MR) is 123 cm³/mol. The minimum absolute atomic E-state index is 0.121. The predicted octanol–water partition coefficient (Wildman–Crippen LogP) is 5.87. The van der Waals surface area contributed by atoms with E-state index in [1.807, 2.05) is 87.5 Å². The Morgan fingerprint density at radius 3 is 2.40 bits per heavy atom. The minimum atomic E-state index is -0.339.